The molecule has 1 N–H and O–H groups in total. The third kappa shape index (κ3) is 2.30. The highest BCUT2D eigenvalue weighted by atomic mass is 16.3. The third-order valence-corrected chi connectivity index (χ3v) is 2.23. The van der Waals surface area contributed by atoms with Crippen molar-refractivity contribution < 1.29 is 5.11 Å². The normalized spacial score (nSPS) is 14.5. The molecular formula is C12H15NO. The molecule has 0 aliphatic heterocycles. The number of pyridine rings is 1. The Kier molecular flexibility index (Phi) is 3.60. The second-order valence-corrected chi connectivity index (χ2v) is 3.22. The van der Waals surface area contributed by atoms with E-state index in [1.165, 1.54) is 0 Å². The average Bonchev–Trinajstić information content (AvgIpc) is 2.20. The van der Waals surface area contributed by atoms with Crippen LogP contribution in [0, 0.1) is 0 Å². The lowest BCUT2D eigenvalue weighted by Gasteiger charge is -2.10. The van der Waals surface area contributed by atoms with E-state index in [1.54, 1.807) is 25.4 Å². The molecule has 2 heteroatoms. The molecule has 0 amide bonds. The highest BCUT2D eigenvalue weighted by Gasteiger charge is 2.06. The molecular weight excluding hydrogens is 174 g/mol. The van der Waals surface area contributed by atoms with Gasteiger partial charge in [-0.2, -0.15) is 0 Å². The Morgan fingerprint density at radius 1 is 1.64 bits per heavy atom. The van der Waals surface area contributed by atoms with Crippen molar-refractivity contribution in [2.45, 2.75) is 20.0 Å². The van der Waals surface area contributed by atoms with Crippen molar-refractivity contribution in [1.29, 1.82) is 0 Å². The minimum absolute atomic E-state index is 0.455. The SMILES string of the molecule is C=C/C(=C(/C)C(C)O)c1cccnc1. The van der Waals surface area contributed by atoms with Gasteiger partial charge < -0.3 is 5.11 Å². The molecule has 1 atom stereocenters. The van der Waals surface area contributed by atoms with Crippen molar-refractivity contribution in [1.82, 2.24) is 4.98 Å². The van der Waals surface area contributed by atoms with E-state index in [4.69, 9.17) is 0 Å². The number of nitrogens with zero attached hydrogens (tertiary/aromatic N) is 1. The molecule has 1 rings (SSSR count). The van der Waals surface area contributed by atoms with Crippen molar-refractivity contribution in [3.63, 3.8) is 0 Å². The van der Waals surface area contributed by atoms with Gasteiger partial charge in [-0.25, -0.2) is 0 Å². The van der Waals surface area contributed by atoms with Crippen molar-refractivity contribution in [2.75, 3.05) is 0 Å². The lowest BCUT2D eigenvalue weighted by Crippen LogP contribution is -2.03. The summed E-state index contributed by atoms with van der Waals surface area (Å²) >= 11 is 0. The van der Waals surface area contributed by atoms with E-state index in [0.717, 1.165) is 16.7 Å². The first kappa shape index (κ1) is 10.7. The van der Waals surface area contributed by atoms with Crippen LogP contribution in [0.25, 0.3) is 5.57 Å². The van der Waals surface area contributed by atoms with E-state index in [-0.39, 0.29) is 0 Å². The summed E-state index contributed by atoms with van der Waals surface area (Å²) in [5.74, 6) is 0. The van der Waals surface area contributed by atoms with Crippen molar-refractivity contribution in [3.05, 3.63) is 48.3 Å². The summed E-state index contributed by atoms with van der Waals surface area (Å²) in [5.41, 5.74) is 2.85. The average molecular weight is 189 g/mol. The first-order chi connectivity index (χ1) is 6.66. The Bertz CT molecular complexity index is 339. The number of hydrogen-bond donors (Lipinski definition) is 1. The molecule has 1 aromatic heterocycles. The van der Waals surface area contributed by atoms with Crippen LogP contribution >= 0.6 is 0 Å². The Hall–Kier alpha value is -1.41. The van der Waals surface area contributed by atoms with Gasteiger partial charge in [0.05, 0.1) is 6.10 Å². The molecule has 0 aliphatic rings. The Morgan fingerprint density at radius 3 is 2.79 bits per heavy atom. The van der Waals surface area contributed by atoms with Crippen LogP contribution in [0.3, 0.4) is 0 Å². The van der Waals surface area contributed by atoms with Gasteiger partial charge in [0.2, 0.25) is 0 Å². The Balaban J connectivity index is 3.17. The molecule has 0 aliphatic carbocycles. The lowest BCUT2D eigenvalue weighted by molar-refractivity contribution is 0.232. The summed E-state index contributed by atoms with van der Waals surface area (Å²) in [6.07, 6.45) is 4.78. The van der Waals surface area contributed by atoms with Gasteiger partial charge in [-0.1, -0.05) is 18.7 Å². The molecule has 0 saturated carbocycles. The van der Waals surface area contributed by atoms with E-state index in [9.17, 15) is 5.11 Å². The molecule has 0 bridgehead atoms. The smallest absolute Gasteiger partial charge is 0.0728 e. The van der Waals surface area contributed by atoms with Gasteiger partial charge in [0.1, 0.15) is 0 Å². The monoisotopic (exact) mass is 189 g/mol. The number of hydrogen-bond acceptors (Lipinski definition) is 2. The van der Waals surface area contributed by atoms with E-state index in [2.05, 4.69) is 11.6 Å². The Morgan fingerprint density at radius 2 is 2.36 bits per heavy atom. The molecule has 0 aromatic carbocycles. The van der Waals surface area contributed by atoms with Gasteiger partial charge in [0.15, 0.2) is 0 Å². The highest BCUT2D eigenvalue weighted by molar-refractivity contribution is 5.75. The minimum Gasteiger partial charge on any atom is -0.389 e. The quantitative estimate of drug-likeness (QED) is 0.741. The van der Waals surface area contributed by atoms with Gasteiger partial charge >= 0.3 is 0 Å². The van der Waals surface area contributed by atoms with Crippen LogP contribution in [0.5, 0.6) is 0 Å². The van der Waals surface area contributed by atoms with Crippen molar-refractivity contribution in [2.24, 2.45) is 0 Å². The molecule has 0 radical (unpaired) electrons. The van der Waals surface area contributed by atoms with Gasteiger partial charge in [-0.15, -0.1) is 0 Å². The van der Waals surface area contributed by atoms with Gasteiger partial charge in [0.25, 0.3) is 0 Å². The fourth-order valence-electron chi connectivity index (χ4n) is 1.25. The first-order valence-corrected chi connectivity index (χ1v) is 4.58. The summed E-state index contributed by atoms with van der Waals surface area (Å²) in [4.78, 5) is 4.03. The van der Waals surface area contributed by atoms with Gasteiger partial charge in [-0.3, -0.25) is 4.98 Å². The molecule has 1 heterocycles. The van der Waals surface area contributed by atoms with Crippen LogP contribution < -0.4 is 0 Å². The molecule has 1 aromatic rings. The topological polar surface area (TPSA) is 33.1 Å². The van der Waals surface area contributed by atoms with Crippen molar-refractivity contribution >= 4 is 5.57 Å². The summed E-state index contributed by atoms with van der Waals surface area (Å²) in [6.45, 7) is 7.39. The molecule has 0 fully saturated rings. The van der Waals surface area contributed by atoms with Crippen LogP contribution in [0.4, 0.5) is 0 Å². The summed E-state index contributed by atoms with van der Waals surface area (Å²) in [6, 6.07) is 3.82. The number of aliphatic hydroxyl groups is 1. The fraction of sp³-hybridized carbons (Fsp3) is 0.250. The molecule has 0 spiro atoms. The lowest BCUT2D eigenvalue weighted by atomic mass is 9.99. The molecule has 74 valence electrons. The highest BCUT2D eigenvalue weighted by Crippen LogP contribution is 2.20. The zero-order chi connectivity index (χ0) is 10.6. The van der Waals surface area contributed by atoms with Gasteiger partial charge in [-0.05, 0) is 31.1 Å². The van der Waals surface area contributed by atoms with Crippen LogP contribution in [0.2, 0.25) is 0 Å². The molecule has 1 unspecified atom stereocenters. The maximum absolute atomic E-state index is 9.46. The van der Waals surface area contributed by atoms with E-state index >= 15 is 0 Å². The van der Waals surface area contributed by atoms with E-state index < -0.39 is 6.10 Å². The van der Waals surface area contributed by atoms with E-state index in [1.807, 2.05) is 19.1 Å². The molecule has 14 heavy (non-hydrogen) atoms. The number of aliphatic hydroxyl groups excluding tert-OH is 1. The summed E-state index contributed by atoms with van der Waals surface area (Å²) < 4.78 is 0. The predicted octanol–water partition coefficient (Wildman–Crippen LogP) is 2.42. The van der Waals surface area contributed by atoms with E-state index in [0.29, 0.717) is 0 Å². The minimum atomic E-state index is -0.455. The second-order valence-electron chi connectivity index (χ2n) is 3.22. The number of allylic oxidation sites excluding steroid dienone is 2. The zero-order valence-corrected chi connectivity index (χ0v) is 8.57. The Labute approximate surface area is 84.6 Å². The van der Waals surface area contributed by atoms with Crippen LogP contribution in [0.1, 0.15) is 19.4 Å². The molecule has 0 saturated heterocycles. The van der Waals surface area contributed by atoms with Crippen molar-refractivity contribution in [3.8, 4) is 0 Å². The van der Waals surface area contributed by atoms with Crippen LogP contribution in [-0.4, -0.2) is 16.2 Å². The number of rotatable bonds is 3. The predicted molar refractivity (Wildman–Crippen MR) is 58.7 cm³/mol. The van der Waals surface area contributed by atoms with Gasteiger partial charge in [0, 0.05) is 18.0 Å². The summed E-state index contributed by atoms with van der Waals surface area (Å²) in [5, 5.41) is 9.46. The zero-order valence-electron chi connectivity index (χ0n) is 8.57. The number of aromatic nitrogens is 1. The van der Waals surface area contributed by atoms with Crippen LogP contribution in [0.15, 0.2) is 42.8 Å². The van der Waals surface area contributed by atoms with Crippen LogP contribution in [-0.2, 0) is 0 Å². The second kappa shape index (κ2) is 4.72. The maximum atomic E-state index is 9.46. The molecule has 2 nitrogen and oxygen atoms in total. The first-order valence-electron chi connectivity index (χ1n) is 4.58. The fourth-order valence-corrected chi connectivity index (χ4v) is 1.25. The summed E-state index contributed by atoms with van der Waals surface area (Å²) in [7, 11) is 0. The standard InChI is InChI=1S/C12H15NO/c1-4-12(9(2)10(3)14)11-6-5-7-13-8-11/h4-8,10,14H,1H2,2-3H3/b12-9+. The largest absolute Gasteiger partial charge is 0.389 e. The maximum Gasteiger partial charge on any atom is 0.0728 e. The third-order valence-electron chi connectivity index (χ3n) is 2.23.